The van der Waals surface area contributed by atoms with Gasteiger partial charge in [0, 0.05) is 29.8 Å². The van der Waals surface area contributed by atoms with Crippen LogP contribution < -0.4 is 4.72 Å². The molecule has 1 aromatic heterocycles. The molecule has 0 unspecified atom stereocenters. The highest BCUT2D eigenvalue weighted by atomic mass is 79.9. The van der Waals surface area contributed by atoms with Gasteiger partial charge in [-0.2, -0.15) is 0 Å². The molecule has 0 spiro atoms. The summed E-state index contributed by atoms with van der Waals surface area (Å²) in [6.07, 6.45) is 4.85. The molecule has 0 aliphatic heterocycles. The van der Waals surface area contributed by atoms with E-state index in [1.165, 1.54) is 0 Å². The van der Waals surface area contributed by atoms with Gasteiger partial charge in [0.05, 0.1) is 4.90 Å². The predicted molar refractivity (Wildman–Crippen MR) is 81.0 cm³/mol. The summed E-state index contributed by atoms with van der Waals surface area (Å²) >= 11 is 3.29. The summed E-state index contributed by atoms with van der Waals surface area (Å²) in [5, 5.41) is 0. The highest BCUT2D eigenvalue weighted by molar-refractivity contribution is 9.10. The van der Waals surface area contributed by atoms with Gasteiger partial charge in [0.1, 0.15) is 5.82 Å². The molecule has 0 saturated heterocycles. The Balaban J connectivity index is 1.95. The standard InChI is InChI=1S/C13H16BrN3O2S/c1-10-4-5-11(14)9-12(10)20(18,19)17-6-2-3-13-15-7-8-16-13/h4-5,7-9,17H,2-3,6H2,1H3,(H,15,16). The van der Waals surface area contributed by atoms with Crippen LogP contribution in [-0.2, 0) is 16.4 Å². The number of aryl methyl sites for hydroxylation is 2. The Bertz CT molecular complexity index is 669. The summed E-state index contributed by atoms with van der Waals surface area (Å²) in [6, 6.07) is 5.22. The molecule has 2 rings (SSSR count). The molecule has 0 radical (unpaired) electrons. The fourth-order valence-electron chi connectivity index (χ4n) is 1.84. The number of hydrogen-bond acceptors (Lipinski definition) is 3. The van der Waals surface area contributed by atoms with Crippen molar-refractivity contribution in [2.24, 2.45) is 0 Å². The number of nitrogens with zero attached hydrogens (tertiary/aromatic N) is 1. The minimum absolute atomic E-state index is 0.310. The smallest absolute Gasteiger partial charge is 0.240 e. The fourth-order valence-corrected chi connectivity index (χ4v) is 3.69. The highest BCUT2D eigenvalue weighted by Gasteiger charge is 2.16. The summed E-state index contributed by atoms with van der Waals surface area (Å²) in [6.45, 7) is 2.17. The van der Waals surface area contributed by atoms with Crippen LogP contribution in [0.5, 0.6) is 0 Å². The van der Waals surface area contributed by atoms with E-state index in [2.05, 4.69) is 30.6 Å². The molecular formula is C13H16BrN3O2S. The van der Waals surface area contributed by atoms with Crippen LogP contribution >= 0.6 is 15.9 Å². The molecular weight excluding hydrogens is 342 g/mol. The molecule has 0 fully saturated rings. The van der Waals surface area contributed by atoms with Crippen LogP contribution in [0.15, 0.2) is 40.0 Å². The first-order valence-corrected chi connectivity index (χ1v) is 8.51. The number of rotatable bonds is 6. The van der Waals surface area contributed by atoms with E-state index >= 15 is 0 Å². The van der Waals surface area contributed by atoms with Crippen LogP contribution in [0.4, 0.5) is 0 Å². The van der Waals surface area contributed by atoms with Crippen LogP contribution in [0.2, 0.25) is 0 Å². The molecule has 0 amide bonds. The number of aromatic nitrogens is 2. The molecule has 0 aliphatic rings. The molecule has 0 bridgehead atoms. The molecule has 108 valence electrons. The lowest BCUT2D eigenvalue weighted by Crippen LogP contribution is -2.25. The van der Waals surface area contributed by atoms with Crippen molar-refractivity contribution in [3.63, 3.8) is 0 Å². The zero-order valence-corrected chi connectivity index (χ0v) is 13.5. The van der Waals surface area contributed by atoms with Gasteiger partial charge in [-0.3, -0.25) is 0 Å². The largest absolute Gasteiger partial charge is 0.349 e. The fraction of sp³-hybridized carbons (Fsp3) is 0.308. The second-order valence-corrected chi connectivity index (χ2v) is 7.10. The number of halogens is 1. The van der Waals surface area contributed by atoms with Gasteiger partial charge in [-0.15, -0.1) is 0 Å². The van der Waals surface area contributed by atoms with Crippen molar-refractivity contribution in [2.45, 2.75) is 24.7 Å². The summed E-state index contributed by atoms with van der Waals surface area (Å²) in [4.78, 5) is 7.39. The molecule has 5 nitrogen and oxygen atoms in total. The Hall–Kier alpha value is -1.18. The van der Waals surface area contributed by atoms with Crippen LogP contribution in [0.1, 0.15) is 17.8 Å². The van der Waals surface area contributed by atoms with E-state index in [4.69, 9.17) is 0 Å². The van der Waals surface area contributed by atoms with Gasteiger partial charge >= 0.3 is 0 Å². The van der Waals surface area contributed by atoms with Gasteiger partial charge in [0.15, 0.2) is 0 Å². The summed E-state index contributed by atoms with van der Waals surface area (Å²) in [5.41, 5.74) is 0.728. The van der Waals surface area contributed by atoms with E-state index < -0.39 is 10.0 Å². The molecule has 7 heteroatoms. The zero-order chi connectivity index (χ0) is 14.6. The minimum atomic E-state index is -3.47. The minimum Gasteiger partial charge on any atom is -0.349 e. The van der Waals surface area contributed by atoms with E-state index in [-0.39, 0.29) is 0 Å². The number of H-pyrrole nitrogens is 1. The molecule has 0 aliphatic carbocycles. The van der Waals surface area contributed by atoms with Crippen LogP contribution in [0, 0.1) is 6.92 Å². The zero-order valence-electron chi connectivity index (χ0n) is 11.1. The van der Waals surface area contributed by atoms with Crippen molar-refractivity contribution in [3.8, 4) is 0 Å². The molecule has 0 saturated carbocycles. The Morgan fingerprint density at radius 3 is 2.90 bits per heavy atom. The number of imidazole rings is 1. The van der Waals surface area contributed by atoms with Gasteiger partial charge in [-0.05, 0) is 31.0 Å². The van der Waals surface area contributed by atoms with Crippen molar-refractivity contribution < 1.29 is 8.42 Å². The lowest BCUT2D eigenvalue weighted by atomic mass is 10.2. The van der Waals surface area contributed by atoms with Gasteiger partial charge < -0.3 is 4.98 Å². The van der Waals surface area contributed by atoms with Crippen LogP contribution in [0.3, 0.4) is 0 Å². The number of nitrogens with one attached hydrogen (secondary N) is 2. The van der Waals surface area contributed by atoms with Crippen molar-refractivity contribution in [1.82, 2.24) is 14.7 Å². The molecule has 2 aromatic rings. The average Bonchev–Trinajstić information content (AvgIpc) is 2.90. The molecule has 2 N–H and O–H groups in total. The maximum atomic E-state index is 12.2. The van der Waals surface area contributed by atoms with Crippen LogP contribution in [0.25, 0.3) is 0 Å². The molecule has 1 heterocycles. The van der Waals surface area contributed by atoms with E-state index in [0.29, 0.717) is 24.3 Å². The first-order chi connectivity index (χ1) is 9.49. The van der Waals surface area contributed by atoms with E-state index in [1.54, 1.807) is 31.5 Å². The third-order valence-corrected chi connectivity index (χ3v) is 4.97. The third kappa shape index (κ3) is 3.91. The average molecular weight is 358 g/mol. The van der Waals surface area contributed by atoms with E-state index in [0.717, 1.165) is 15.9 Å². The molecule has 1 aromatic carbocycles. The van der Waals surface area contributed by atoms with Gasteiger partial charge in [0.2, 0.25) is 10.0 Å². The number of aromatic amines is 1. The second kappa shape index (κ2) is 6.51. The number of hydrogen-bond donors (Lipinski definition) is 2. The third-order valence-electron chi connectivity index (χ3n) is 2.88. The van der Waals surface area contributed by atoms with Gasteiger partial charge in [-0.25, -0.2) is 18.1 Å². The SMILES string of the molecule is Cc1ccc(Br)cc1S(=O)(=O)NCCCc1ncc[nH]1. The number of sulfonamides is 1. The van der Waals surface area contributed by atoms with Crippen LogP contribution in [-0.4, -0.2) is 24.9 Å². The predicted octanol–water partition coefficient (Wildman–Crippen LogP) is 2.39. The monoisotopic (exact) mass is 357 g/mol. The Labute approximate surface area is 127 Å². The first-order valence-electron chi connectivity index (χ1n) is 6.23. The van der Waals surface area contributed by atoms with E-state index in [9.17, 15) is 8.42 Å². The maximum absolute atomic E-state index is 12.2. The van der Waals surface area contributed by atoms with E-state index in [1.807, 2.05) is 6.07 Å². The van der Waals surface area contributed by atoms with Gasteiger partial charge in [0.25, 0.3) is 0 Å². The highest BCUT2D eigenvalue weighted by Crippen LogP contribution is 2.20. The lowest BCUT2D eigenvalue weighted by molar-refractivity contribution is 0.577. The van der Waals surface area contributed by atoms with Crippen molar-refractivity contribution in [1.29, 1.82) is 0 Å². The Morgan fingerprint density at radius 2 is 2.20 bits per heavy atom. The molecule has 0 atom stereocenters. The normalized spacial score (nSPS) is 11.7. The van der Waals surface area contributed by atoms with Crippen molar-refractivity contribution >= 4 is 26.0 Å². The summed E-state index contributed by atoms with van der Waals surface area (Å²) < 4.78 is 27.8. The maximum Gasteiger partial charge on any atom is 0.240 e. The Morgan fingerprint density at radius 1 is 1.40 bits per heavy atom. The Kier molecular flexibility index (Phi) is 4.95. The summed E-state index contributed by atoms with van der Waals surface area (Å²) in [5.74, 6) is 0.864. The van der Waals surface area contributed by atoms with Gasteiger partial charge in [-0.1, -0.05) is 22.0 Å². The summed E-state index contributed by atoms with van der Waals surface area (Å²) in [7, 11) is -3.47. The topological polar surface area (TPSA) is 74.8 Å². The van der Waals surface area contributed by atoms with Crippen molar-refractivity contribution in [3.05, 3.63) is 46.5 Å². The second-order valence-electron chi connectivity index (χ2n) is 4.45. The molecule has 20 heavy (non-hydrogen) atoms. The quantitative estimate of drug-likeness (QED) is 0.779. The first kappa shape index (κ1) is 15.2. The van der Waals surface area contributed by atoms with Crippen molar-refractivity contribution in [2.75, 3.05) is 6.54 Å². The lowest BCUT2D eigenvalue weighted by Gasteiger charge is -2.09. The number of benzene rings is 1.